The fraction of sp³-hybridized carbons (Fsp3) is 0.333. The predicted octanol–water partition coefficient (Wildman–Crippen LogP) is 3.74. The van der Waals surface area contributed by atoms with Crippen molar-refractivity contribution in [1.29, 1.82) is 0 Å². The minimum absolute atomic E-state index is 0.0381. The highest BCUT2D eigenvalue weighted by Crippen LogP contribution is 2.25. The number of aromatic nitrogens is 1. The zero-order valence-electron chi connectivity index (χ0n) is 11.7. The van der Waals surface area contributed by atoms with E-state index in [-0.39, 0.29) is 5.91 Å². The Kier molecular flexibility index (Phi) is 4.00. The standard InChI is InChI=1S/C15H18N2OS/c1-5-17(13-8-10(2)6-7-11(13)3)15(18)14-12(4)16-9-19-14/h6-9H,5H2,1-4H3. The molecule has 2 aromatic rings. The lowest BCUT2D eigenvalue weighted by molar-refractivity contribution is 0.0991. The number of nitrogens with zero attached hydrogens (tertiary/aromatic N) is 2. The van der Waals surface area contributed by atoms with E-state index < -0.39 is 0 Å². The zero-order chi connectivity index (χ0) is 14.0. The van der Waals surface area contributed by atoms with Crippen molar-refractivity contribution < 1.29 is 4.79 Å². The van der Waals surface area contributed by atoms with Crippen LogP contribution in [0.3, 0.4) is 0 Å². The van der Waals surface area contributed by atoms with E-state index in [4.69, 9.17) is 0 Å². The van der Waals surface area contributed by atoms with Crippen LogP contribution in [0.15, 0.2) is 23.7 Å². The highest BCUT2D eigenvalue weighted by atomic mass is 32.1. The molecule has 1 aromatic heterocycles. The Labute approximate surface area is 117 Å². The first-order valence-electron chi connectivity index (χ1n) is 6.33. The molecule has 0 unspecified atom stereocenters. The summed E-state index contributed by atoms with van der Waals surface area (Å²) in [7, 11) is 0. The maximum atomic E-state index is 12.6. The summed E-state index contributed by atoms with van der Waals surface area (Å²) >= 11 is 1.40. The van der Waals surface area contributed by atoms with E-state index in [2.05, 4.69) is 23.2 Å². The second kappa shape index (κ2) is 5.53. The molecule has 1 heterocycles. The number of hydrogen-bond donors (Lipinski definition) is 0. The van der Waals surface area contributed by atoms with Gasteiger partial charge in [-0.05, 0) is 44.9 Å². The average Bonchev–Trinajstić information content (AvgIpc) is 2.80. The van der Waals surface area contributed by atoms with Crippen LogP contribution in [0, 0.1) is 20.8 Å². The Morgan fingerprint density at radius 1 is 1.32 bits per heavy atom. The highest BCUT2D eigenvalue weighted by Gasteiger charge is 2.21. The topological polar surface area (TPSA) is 33.2 Å². The Hall–Kier alpha value is -1.68. The molecule has 0 fully saturated rings. The molecule has 1 aromatic carbocycles. The van der Waals surface area contributed by atoms with Gasteiger partial charge in [0.25, 0.3) is 5.91 Å². The van der Waals surface area contributed by atoms with Crippen LogP contribution in [-0.2, 0) is 0 Å². The van der Waals surface area contributed by atoms with Gasteiger partial charge in [0.2, 0.25) is 0 Å². The van der Waals surface area contributed by atoms with Crippen molar-refractivity contribution in [2.45, 2.75) is 27.7 Å². The molecule has 1 amide bonds. The number of rotatable bonds is 3. The average molecular weight is 274 g/mol. The van der Waals surface area contributed by atoms with Crippen LogP contribution in [0.25, 0.3) is 0 Å². The molecule has 0 bridgehead atoms. The van der Waals surface area contributed by atoms with Gasteiger partial charge < -0.3 is 4.90 Å². The van der Waals surface area contributed by atoms with Gasteiger partial charge in [-0.3, -0.25) is 4.79 Å². The van der Waals surface area contributed by atoms with E-state index in [0.29, 0.717) is 6.54 Å². The molecule has 0 aliphatic carbocycles. The SMILES string of the molecule is CCN(C(=O)c1scnc1C)c1cc(C)ccc1C. The molecule has 19 heavy (non-hydrogen) atoms. The number of anilines is 1. The minimum atomic E-state index is 0.0381. The first-order valence-corrected chi connectivity index (χ1v) is 7.21. The molecular weight excluding hydrogens is 256 g/mol. The van der Waals surface area contributed by atoms with E-state index >= 15 is 0 Å². The quantitative estimate of drug-likeness (QED) is 0.854. The molecule has 100 valence electrons. The van der Waals surface area contributed by atoms with Crippen molar-refractivity contribution in [3.05, 3.63) is 45.4 Å². The van der Waals surface area contributed by atoms with Gasteiger partial charge in [-0.1, -0.05) is 12.1 Å². The Bertz CT molecular complexity index is 604. The Morgan fingerprint density at radius 3 is 2.63 bits per heavy atom. The number of carbonyl (C=O) groups excluding carboxylic acids is 1. The van der Waals surface area contributed by atoms with Gasteiger partial charge in [0.05, 0.1) is 11.2 Å². The van der Waals surface area contributed by atoms with Crippen molar-refractivity contribution in [3.8, 4) is 0 Å². The molecule has 0 atom stereocenters. The number of amides is 1. The third-order valence-corrected chi connectivity index (χ3v) is 4.07. The van der Waals surface area contributed by atoms with Gasteiger partial charge in [-0.2, -0.15) is 0 Å². The van der Waals surface area contributed by atoms with E-state index in [0.717, 1.165) is 27.4 Å². The summed E-state index contributed by atoms with van der Waals surface area (Å²) < 4.78 is 0. The summed E-state index contributed by atoms with van der Waals surface area (Å²) in [6.07, 6.45) is 0. The largest absolute Gasteiger partial charge is 0.308 e. The third kappa shape index (κ3) is 2.68. The lowest BCUT2D eigenvalue weighted by atomic mass is 10.1. The number of benzene rings is 1. The van der Waals surface area contributed by atoms with Crippen LogP contribution in [0.4, 0.5) is 5.69 Å². The highest BCUT2D eigenvalue weighted by molar-refractivity contribution is 7.12. The number of thiazole rings is 1. The lowest BCUT2D eigenvalue weighted by Crippen LogP contribution is -2.31. The molecule has 0 aliphatic heterocycles. The van der Waals surface area contributed by atoms with Crippen molar-refractivity contribution in [2.24, 2.45) is 0 Å². The molecular formula is C15H18N2OS. The molecule has 0 saturated carbocycles. The molecule has 0 aliphatic rings. The van der Waals surface area contributed by atoms with Crippen molar-refractivity contribution >= 4 is 22.9 Å². The van der Waals surface area contributed by atoms with Gasteiger partial charge in [-0.25, -0.2) is 4.98 Å². The van der Waals surface area contributed by atoms with Crippen LogP contribution >= 0.6 is 11.3 Å². The number of aryl methyl sites for hydroxylation is 3. The normalized spacial score (nSPS) is 10.5. The summed E-state index contributed by atoms with van der Waals surface area (Å²) in [5, 5.41) is 0. The number of hydrogen-bond acceptors (Lipinski definition) is 3. The smallest absolute Gasteiger partial charge is 0.270 e. The zero-order valence-corrected chi connectivity index (χ0v) is 12.5. The molecule has 3 nitrogen and oxygen atoms in total. The van der Waals surface area contributed by atoms with Gasteiger partial charge in [0, 0.05) is 12.2 Å². The fourth-order valence-corrected chi connectivity index (χ4v) is 2.81. The van der Waals surface area contributed by atoms with Crippen molar-refractivity contribution in [2.75, 3.05) is 11.4 Å². The van der Waals surface area contributed by atoms with Crippen molar-refractivity contribution in [1.82, 2.24) is 4.98 Å². The van der Waals surface area contributed by atoms with Crippen LogP contribution in [0.1, 0.15) is 33.4 Å². The van der Waals surface area contributed by atoms with Gasteiger partial charge in [-0.15, -0.1) is 11.3 Å². The van der Waals surface area contributed by atoms with Gasteiger partial charge >= 0.3 is 0 Å². The predicted molar refractivity (Wildman–Crippen MR) is 80.1 cm³/mol. The summed E-state index contributed by atoms with van der Waals surface area (Å²) in [4.78, 5) is 19.3. The summed E-state index contributed by atoms with van der Waals surface area (Å²) in [5.74, 6) is 0.0381. The van der Waals surface area contributed by atoms with E-state index in [1.54, 1.807) is 5.51 Å². The van der Waals surface area contributed by atoms with Crippen molar-refractivity contribution in [3.63, 3.8) is 0 Å². The molecule has 0 radical (unpaired) electrons. The second-order valence-electron chi connectivity index (χ2n) is 4.61. The Morgan fingerprint density at radius 2 is 2.05 bits per heavy atom. The van der Waals surface area contributed by atoms with Gasteiger partial charge in [0.1, 0.15) is 4.88 Å². The maximum absolute atomic E-state index is 12.6. The van der Waals surface area contributed by atoms with E-state index in [1.165, 1.54) is 11.3 Å². The third-order valence-electron chi connectivity index (χ3n) is 3.16. The van der Waals surface area contributed by atoms with Crippen LogP contribution in [0.2, 0.25) is 0 Å². The Balaban J connectivity index is 2.43. The molecule has 0 spiro atoms. The molecule has 0 saturated heterocycles. The summed E-state index contributed by atoms with van der Waals surface area (Å²) in [5.41, 5.74) is 5.79. The minimum Gasteiger partial charge on any atom is -0.308 e. The van der Waals surface area contributed by atoms with Crippen LogP contribution in [0.5, 0.6) is 0 Å². The number of carbonyl (C=O) groups is 1. The fourth-order valence-electron chi connectivity index (χ4n) is 2.06. The first kappa shape index (κ1) is 13.7. The molecule has 0 N–H and O–H groups in total. The maximum Gasteiger partial charge on any atom is 0.270 e. The van der Waals surface area contributed by atoms with Gasteiger partial charge in [0.15, 0.2) is 0 Å². The lowest BCUT2D eigenvalue weighted by Gasteiger charge is -2.23. The molecule has 2 rings (SSSR count). The van der Waals surface area contributed by atoms with Crippen LogP contribution in [-0.4, -0.2) is 17.4 Å². The summed E-state index contributed by atoms with van der Waals surface area (Å²) in [6, 6.07) is 6.18. The second-order valence-corrected chi connectivity index (χ2v) is 5.46. The van der Waals surface area contributed by atoms with E-state index in [9.17, 15) is 4.79 Å². The first-order chi connectivity index (χ1) is 9.04. The van der Waals surface area contributed by atoms with Crippen LogP contribution < -0.4 is 4.90 Å². The molecule has 4 heteroatoms. The van der Waals surface area contributed by atoms with E-state index in [1.807, 2.05) is 32.6 Å². The monoisotopic (exact) mass is 274 g/mol. The summed E-state index contributed by atoms with van der Waals surface area (Å²) in [6.45, 7) is 8.60.